The van der Waals surface area contributed by atoms with E-state index >= 15 is 0 Å². The van der Waals surface area contributed by atoms with E-state index in [1.54, 1.807) is 11.3 Å². The van der Waals surface area contributed by atoms with Crippen molar-refractivity contribution in [3.63, 3.8) is 0 Å². The van der Waals surface area contributed by atoms with Gasteiger partial charge in [0.25, 0.3) is 5.91 Å². The quantitative estimate of drug-likeness (QED) is 0.905. The highest BCUT2D eigenvalue weighted by Crippen LogP contribution is 2.23. The van der Waals surface area contributed by atoms with Crippen molar-refractivity contribution in [3.8, 4) is 0 Å². The number of hydrogen-bond acceptors (Lipinski definition) is 3. The topological polar surface area (TPSA) is 38.3 Å². The number of rotatable bonds is 5. The molecule has 2 aromatic rings. The van der Waals surface area contributed by atoms with Crippen LogP contribution in [0.4, 0.5) is 0 Å². The summed E-state index contributed by atoms with van der Waals surface area (Å²) in [4.78, 5) is 13.2. The van der Waals surface area contributed by atoms with Crippen LogP contribution in [0.2, 0.25) is 0 Å². The molecule has 0 bridgehead atoms. The van der Waals surface area contributed by atoms with Gasteiger partial charge in [0.2, 0.25) is 0 Å². The van der Waals surface area contributed by atoms with Gasteiger partial charge in [0, 0.05) is 16.5 Å². The Bertz CT molecular complexity index is 541. The molecular formula is C14H14BrNO2S. The highest BCUT2D eigenvalue weighted by Gasteiger charge is 2.19. The summed E-state index contributed by atoms with van der Waals surface area (Å²) in [5, 5.41) is 4.87. The van der Waals surface area contributed by atoms with E-state index in [-0.39, 0.29) is 5.91 Å². The van der Waals surface area contributed by atoms with Crippen molar-refractivity contribution in [1.82, 2.24) is 5.32 Å². The molecule has 3 nitrogen and oxygen atoms in total. The summed E-state index contributed by atoms with van der Waals surface area (Å²) in [5.74, 6) is -0.131. The maximum absolute atomic E-state index is 12.1. The van der Waals surface area contributed by atoms with Crippen LogP contribution in [0.3, 0.4) is 0 Å². The third-order valence-corrected chi connectivity index (χ3v) is 4.62. The van der Waals surface area contributed by atoms with Gasteiger partial charge in [-0.1, -0.05) is 30.3 Å². The van der Waals surface area contributed by atoms with Crippen LogP contribution >= 0.6 is 27.3 Å². The van der Waals surface area contributed by atoms with Crippen LogP contribution in [0.5, 0.6) is 0 Å². The third kappa shape index (κ3) is 3.65. The summed E-state index contributed by atoms with van der Waals surface area (Å²) in [7, 11) is 1.54. The van der Waals surface area contributed by atoms with Crippen molar-refractivity contribution in [3.05, 3.63) is 56.7 Å². The summed E-state index contributed by atoms with van der Waals surface area (Å²) >= 11 is 5.05. The number of hydrogen-bond donors (Lipinski definition) is 1. The lowest BCUT2D eigenvalue weighted by molar-refractivity contribution is -0.131. The number of halogens is 1. The molecule has 0 fully saturated rings. The first-order chi connectivity index (χ1) is 9.22. The van der Waals surface area contributed by atoms with Gasteiger partial charge >= 0.3 is 0 Å². The smallest absolute Gasteiger partial charge is 0.254 e. The van der Waals surface area contributed by atoms with E-state index in [0.717, 1.165) is 14.9 Å². The molecule has 1 N–H and O–H groups in total. The Kier molecular flexibility index (Phi) is 5.13. The molecule has 100 valence electrons. The molecule has 0 aliphatic carbocycles. The van der Waals surface area contributed by atoms with E-state index in [9.17, 15) is 4.79 Å². The van der Waals surface area contributed by atoms with Crippen LogP contribution in [0.25, 0.3) is 0 Å². The van der Waals surface area contributed by atoms with Gasteiger partial charge < -0.3 is 10.1 Å². The fourth-order valence-electron chi connectivity index (χ4n) is 1.73. The monoisotopic (exact) mass is 339 g/mol. The van der Waals surface area contributed by atoms with Gasteiger partial charge in [0.1, 0.15) is 0 Å². The van der Waals surface area contributed by atoms with Crippen LogP contribution in [-0.4, -0.2) is 13.0 Å². The fraction of sp³-hybridized carbons (Fsp3) is 0.214. The van der Waals surface area contributed by atoms with Gasteiger partial charge in [-0.05, 0) is 32.9 Å². The number of thiophene rings is 1. The normalized spacial score (nSPS) is 12.1. The molecule has 1 unspecified atom stereocenters. The minimum atomic E-state index is -0.570. The maximum atomic E-state index is 12.1. The first-order valence-corrected chi connectivity index (χ1v) is 7.47. The zero-order valence-electron chi connectivity index (χ0n) is 10.4. The van der Waals surface area contributed by atoms with Gasteiger partial charge in [-0.25, -0.2) is 0 Å². The molecule has 19 heavy (non-hydrogen) atoms. The molecule has 1 amide bonds. The highest BCUT2D eigenvalue weighted by molar-refractivity contribution is 9.10. The first kappa shape index (κ1) is 14.2. The zero-order chi connectivity index (χ0) is 13.7. The molecule has 0 saturated carbocycles. The molecule has 0 aliphatic heterocycles. The van der Waals surface area contributed by atoms with Crippen molar-refractivity contribution in [1.29, 1.82) is 0 Å². The van der Waals surface area contributed by atoms with Crippen molar-refractivity contribution in [2.75, 3.05) is 7.11 Å². The lowest BCUT2D eigenvalue weighted by Gasteiger charge is -2.15. The molecule has 1 atom stereocenters. The minimum absolute atomic E-state index is 0.131. The van der Waals surface area contributed by atoms with E-state index in [1.807, 2.05) is 41.8 Å². The number of nitrogens with one attached hydrogen (secondary N) is 1. The lowest BCUT2D eigenvalue weighted by Crippen LogP contribution is -2.29. The molecule has 1 aromatic carbocycles. The standard InChI is InChI=1S/C14H14BrNO2S/c1-18-13(10-5-3-2-4-6-10)14(17)16-9-12-11(15)7-8-19-12/h2-8,13H,9H2,1H3,(H,16,17). The summed E-state index contributed by atoms with van der Waals surface area (Å²) in [6.07, 6.45) is -0.570. The highest BCUT2D eigenvalue weighted by atomic mass is 79.9. The summed E-state index contributed by atoms with van der Waals surface area (Å²) < 4.78 is 6.30. The molecule has 0 radical (unpaired) electrons. The van der Waals surface area contributed by atoms with E-state index in [2.05, 4.69) is 21.2 Å². The predicted molar refractivity (Wildman–Crippen MR) is 80.1 cm³/mol. The molecule has 1 aromatic heterocycles. The van der Waals surface area contributed by atoms with Gasteiger partial charge in [-0.2, -0.15) is 0 Å². The number of methoxy groups -OCH3 is 1. The average Bonchev–Trinajstić information content (AvgIpc) is 2.84. The van der Waals surface area contributed by atoms with Crippen molar-refractivity contribution >= 4 is 33.2 Å². The van der Waals surface area contributed by atoms with Crippen molar-refractivity contribution < 1.29 is 9.53 Å². The molecule has 5 heteroatoms. The van der Waals surface area contributed by atoms with Gasteiger partial charge in [-0.15, -0.1) is 11.3 Å². The summed E-state index contributed by atoms with van der Waals surface area (Å²) in [6.45, 7) is 0.504. The molecule has 0 aliphatic rings. The van der Waals surface area contributed by atoms with Crippen LogP contribution in [0.1, 0.15) is 16.5 Å². The predicted octanol–water partition coefficient (Wildman–Crippen LogP) is 3.51. The average molecular weight is 340 g/mol. The van der Waals surface area contributed by atoms with E-state index < -0.39 is 6.10 Å². The summed E-state index contributed by atoms with van der Waals surface area (Å²) in [5.41, 5.74) is 0.854. The number of ether oxygens (including phenoxy) is 1. The van der Waals surface area contributed by atoms with Crippen LogP contribution in [0.15, 0.2) is 46.3 Å². The fourth-order valence-corrected chi connectivity index (χ4v) is 3.17. The Morgan fingerprint density at radius 3 is 2.68 bits per heavy atom. The largest absolute Gasteiger partial charge is 0.367 e. The third-order valence-electron chi connectivity index (χ3n) is 2.69. The first-order valence-electron chi connectivity index (χ1n) is 5.79. The second-order valence-electron chi connectivity index (χ2n) is 3.94. The van der Waals surface area contributed by atoms with Gasteiger partial charge in [0.15, 0.2) is 6.10 Å². The Morgan fingerprint density at radius 2 is 2.11 bits per heavy atom. The van der Waals surface area contributed by atoms with Crippen LogP contribution in [0, 0.1) is 0 Å². The van der Waals surface area contributed by atoms with E-state index in [0.29, 0.717) is 6.54 Å². The maximum Gasteiger partial charge on any atom is 0.254 e. The van der Waals surface area contributed by atoms with Gasteiger partial charge in [0.05, 0.1) is 6.54 Å². The Morgan fingerprint density at radius 1 is 1.37 bits per heavy atom. The number of carbonyl (C=O) groups is 1. The molecule has 1 heterocycles. The SMILES string of the molecule is COC(C(=O)NCc1sccc1Br)c1ccccc1. The Labute approximate surface area is 124 Å². The molecular weight excluding hydrogens is 326 g/mol. The van der Waals surface area contributed by atoms with E-state index in [1.165, 1.54) is 7.11 Å². The number of carbonyl (C=O) groups excluding carboxylic acids is 1. The number of benzene rings is 1. The Hall–Kier alpha value is -1.17. The minimum Gasteiger partial charge on any atom is -0.367 e. The van der Waals surface area contributed by atoms with E-state index in [4.69, 9.17) is 4.74 Å². The number of amides is 1. The van der Waals surface area contributed by atoms with Gasteiger partial charge in [-0.3, -0.25) is 4.79 Å². The van der Waals surface area contributed by atoms with Crippen molar-refractivity contribution in [2.45, 2.75) is 12.6 Å². The summed E-state index contributed by atoms with van der Waals surface area (Å²) in [6, 6.07) is 11.4. The second kappa shape index (κ2) is 6.84. The van der Waals surface area contributed by atoms with Crippen LogP contribution < -0.4 is 5.32 Å². The molecule has 0 spiro atoms. The van der Waals surface area contributed by atoms with Crippen LogP contribution in [-0.2, 0) is 16.1 Å². The molecule has 0 saturated heterocycles. The Balaban J connectivity index is 2.00. The zero-order valence-corrected chi connectivity index (χ0v) is 12.8. The second-order valence-corrected chi connectivity index (χ2v) is 5.79. The lowest BCUT2D eigenvalue weighted by atomic mass is 10.1. The molecule has 2 rings (SSSR count). The van der Waals surface area contributed by atoms with Crippen molar-refractivity contribution in [2.24, 2.45) is 0 Å².